The molecule has 0 spiro atoms. The second-order valence-electron chi connectivity index (χ2n) is 5.69. The van der Waals surface area contributed by atoms with E-state index in [0.717, 1.165) is 33.5 Å². The van der Waals surface area contributed by atoms with Crippen molar-refractivity contribution in [3.8, 4) is 10.6 Å². The van der Waals surface area contributed by atoms with Crippen molar-refractivity contribution in [3.05, 3.63) is 28.5 Å². The van der Waals surface area contributed by atoms with Gasteiger partial charge in [-0.25, -0.2) is 0 Å². The van der Waals surface area contributed by atoms with Crippen molar-refractivity contribution in [2.24, 2.45) is 0 Å². The molecule has 0 amide bonds. The highest BCUT2D eigenvalue weighted by Crippen LogP contribution is 2.25. The molecule has 0 aromatic carbocycles. The number of nitrogens with one attached hydrogen (secondary N) is 1. The summed E-state index contributed by atoms with van der Waals surface area (Å²) in [5.41, 5.74) is 3.20. The Kier molecular flexibility index (Phi) is 3.96. The van der Waals surface area contributed by atoms with Crippen LogP contribution in [-0.4, -0.2) is 20.7 Å². The molecule has 2 heterocycles. The molecule has 2 rings (SSSR count). The third-order valence-corrected chi connectivity index (χ3v) is 3.65. The van der Waals surface area contributed by atoms with Gasteiger partial charge in [0.15, 0.2) is 0 Å². The van der Waals surface area contributed by atoms with Crippen molar-refractivity contribution < 1.29 is 0 Å². The molecule has 2 aromatic rings. The van der Waals surface area contributed by atoms with Gasteiger partial charge < -0.3 is 5.32 Å². The Morgan fingerprint density at radius 3 is 2.53 bits per heavy atom. The minimum absolute atomic E-state index is 0.0904. The highest BCUT2D eigenvalue weighted by Gasteiger charge is 2.13. The molecule has 0 fully saturated rings. The molecular weight excluding hydrogens is 256 g/mol. The summed E-state index contributed by atoms with van der Waals surface area (Å²) >= 11 is 1.62. The zero-order valence-electron chi connectivity index (χ0n) is 12.1. The van der Waals surface area contributed by atoms with Crippen LogP contribution in [0.1, 0.15) is 37.2 Å². The Hall–Kier alpha value is -1.33. The van der Waals surface area contributed by atoms with Gasteiger partial charge in [0.2, 0.25) is 0 Å². The molecule has 0 atom stereocenters. The number of aryl methyl sites for hydroxylation is 2. The molecule has 0 aliphatic carbocycles. The van der Waals surface area contributed by atoms with E-state index in [1.54, 1.807) is 11.3 Å². The smallest absolute Gasteiger partial charge is 0.149 e. The molecule has 4 nitrogen and oxygen atoms in total. The molecule has 0 unspecified atom stereocenters. The molecule has 1 N–H and O–H groups in total. The van der Waals surface area contributed by atoms with E-state index in [2.05, 4.69) is 47.3 Å². The van der Waals surface area contributed by atoms with Gasteiger partial charge in [0, 0.05) is 22.5 Å². The molecule has 0 bridgehead atoms. The van der Waals surface area contributed by atoms with Crippen LogP contribution < -0.4 is 5.32 Å². The normalized spacial score (nSPS) is 11.8. The Bertz CT molecular complexity index is 569. The highest BCUT2D eigenvalue weighted by molar-refractivity contribution is 7.14. The molecule has 0 aliphatic heterocycles. The Balaban J connectivity index is 2.16. The van der Waals surface area contributed by atoms with Crippen LogP contribution in [0.25, 0.3) is 10.6 Å². The van der Waals surface area contributed by atoms with Gasteiger partial charge in [-0.05, 0) is 46.8 Å². The van der Waals surface area contributed by atoms with E-state index in [0.29, 0.717) is 0 Å². The molecule has 0 radical (unpaired) electrons. The van der Waals surface area contributed by atoms with E-state index >= 15 is 0 Å². The van der Waals surface area contributed by atoms with Gasteiger partial charge in [-0.3, -0.25) is 4.98 Å². The van der Waals surface area contributed by atoms with Gasteiger partial charge in [-0.15, -0.1) is 10.2 Å². The average molecular weight is 276 g/mol. The first-order valence-electron chi connectivity index (χ1n) is 6.37. The first-order valence-corrected chi connectivity index (χ1v) is 7.19. The molecule has 19 heavy (non-hydrogen) atoms. The molecule has 0 aliphatic rings. The fraction of sp³-hybridized carbons (Fsp3) is 0.500. The molecule has 0 saturated carbocycles. The summed E-state index contributed by atoms with van der Waals surface area (Å²) in [5.74, 6) is 0. The lowest BCUT2D eigenvalue weighted by Crippen LogP contribution is -2.35. The van der Waals surface area contributed by atoms with Crippen LogP contribution in [0.15, 0.2) is 12.1 Å². The standard InChI is InChI=1S/C14H20N4S/c1-9-6-7-11(10(2)16-9)13-18-17-12(19-13)8-15-14(3,4)5/h6-7,15H,8H2,1-5H3. The third-order valence-electron chi connectivity index (χ3n) is 2.69. The van der Waals surface area contributed by atoms with Crippen LogP contribution in [0.5, 0.6) is 0 Å². The highest BCUT2D eigenvalue weighted by atomic mass is 32.1. The van der Waals surface area contributed by atoms with E-state index in [1.165, 1.54) is 0 Å². The van der Waals surface area contributed by atoms with E-state index in [-0.39, 0.29) is 5.54 Å². The molecule has 2 aromatic heterocycles. The van der Waals surface area contributed by atoms with E-state index in [1.807, 2.05) is 19.9 Å². The maximum atomic E-state index is 4.47. The quantitative estimate of drug-likeness (QED) is 0.936. The summed E-state index contributed by atoms with van der Waals surface area (Å²) in [4.78, 5) is 4.47. The summed E-state index contributed by atoms with van der Waals surface area (Å²) in [5, 5.41) is 13.9. The topological polar surface area (TPSA) is 50.7 Å². The number of hydrogen-bond acceptors (Lipinski definition) is 5. The van der Waals surface area contributed by atoms with Crippen LogP contribution in [0.4, 0.5) is 0 Å². The zero-order chi connectivity index (χ0) is 14.0. The Morgan fingerprint density at radius 2 is 1.89 bits per heavy atom. The van der Waals surface area contributed by atoms with Gasteiger partial charge in [-0.1, -0.05) is 11.3 Å². The fourth-order valence-electron chi connectivity index (χ4n) is 1.69. The number of aromatic nitrogens is 3. The summed E-state index contributed by atoms with van der Waals surface area (Å²) in [6.07, 6.45) is 0. The maximum Gasteiger partial charge on any atom is 0.149 e. The average Bonchev–Trinajstić information content (AvgIpc) is 2.74. The fourth-order valence-corrected chi connectivity index (χ4v) is 2.54. The summed E-state index contributed by atoms with van der Waals surface area (Å²) in [7, 11) is 0. The largest absolute Gasteiger partial charge is 0.306 e. The van der Waals surface area contributed by atoms with Crippen molar-refractivity contribution in [1.82, 2.24) is 20.5 Å². The molecule has 5 heteroatoms. The minimum atomic E-state index is 0.0904. The van der Waals surface area contributed by atoms with Crippen molar-refractivity contribution in [2.45, 2.75) is 46.7 Å². The predicted octanol–water partition coefficient (Wildman–Crippen LogP) is 3.11. The van der Waals surface area contributed by atoms with Crippen LogP contribution in [0.3, 0.4) is 0 Å². The van der Waals surface area contributed by atoms with Crippen molar-refractivity contribution in [3.63, 3.8) is 0 Å². The minimum Gasteiger partial charge on any atom is -0.306 e. The SMILES string of the molecule is Cc1ccc(-c2nnc(CNC(C)(C)C)s2)c(C)n1. The van der Waals surface area contributed by atoms with E-state index < -0.39 is 0 Å². The van der Waals surface area contributed by atoms with E-state index in [9.17, 15) is 0 Å². The number of pyridine rings is 1. The van der Waals surface area contributed by atoms with Crippen molar-refractivity contribution >= 4 is 11.3 Å². The zero-order valence-corrected chi connectivity index (χ0v) is 12.9. The Morgan fingerprint density at radius 1 is 1.16 bits per heavy atom. The van der Waals surface area contributed by atoms with Crippen molar-refractivity contribution in [2.75, 3.05) is 0 Å². The van der Waals surface area contributed by atoms with Crippen molar-refractivity contribution in [1.29, 1.82) is 0 Å². The van der Waals surface area contributed by atoms with E-state index in [4.69, 9.17) is 0 Å². The van der Waals surface area contributed by atoms with Gasteiger partial charge in [0.1, 0.15) is 10.0 Å². The van der Waals surface area contributed by atoms with Gasteiger partial charge in [-0.2, -0.15) is 0 Å². The number of rotatable bonds is 3. The Labute approximate surface area is 118 Å². The van der Waals surface area contributed by atoms with Crippen LogP contribution >= 0.6 is 11.3 Å². The lowest BCUT2D eigenvalue weighted by molar-refractivity contribution is 0.423. The molecule has 102 valence electrons. The van der Waals surface area contributed by atoms with Crippen LogP contribution in [0, 0.1) is 13.8 Å². The third kappa shape index (κ3) is 3.81. The van der Waals surface area contributed by atoms with Gasteiger partial charge in [0.25, 0.3) is 0 Å². The van der Waals surface area contributed by atoms with Gasteiger partial charge >= 0.3 is 0 Å². The van der Waals surface area contributed by atoms with Crippen LogP contribution in [0.2, 0.25) is 0 Å². The van der Waals surface area contributed by atoms with Gasteiger partial charge in [0.05, 0.1) is 6.54 Å². The first kappa shape index (κ1) is 14.1. The lowest BCUT2D eigenvalue weighted by Gasteiger charge is -2.19. The summed E-state index contributed by atoms with van der Waals surface area (Å²) in [6, 6.07) is 4.08. The number of hydrogen-bond donors (Lipinski definition) is 1. The summed E-state index contributed by atoms with van der Waals surface area (Å²) in [6.45, 7) is 11.2. The monoisotopic (exact) mass is 276 g/mol. The lowest BCUT2D eigenvalue weighted by atomic mass is 10.1. The van der Waals surface area contributed by atoms with Crippen LogP contribution in [-0.2, 0) is 6.54 Å². The number of nitrogens with zero attached hydrogens (tertiary/aromatic N) is 3. The predicted molar refractivity (Wildman–Crippen MR) is 79.2 cm³/mol. The molecule has 0 saturated heterocycles. The molecular formula is C14H20N4S. The summed E-state index contributed by atoms with van der Waals surface area (Å²) < 4.78 is 0. The maximum absolute atomic E-state index is 4.47. The second-order valence-corrected chi connectivity index (χ2v) is 6.75. The second kappa shape index (κ2) is 5.35. The first-order chi connectivity index (χ1) is 8.85.